The van der Waals surface area contributed by atoms with Crippen molar-refractivity contribution in [1.29, 1.82) is 0 Å². The third kappa shape index (κ3) is 2.22. The van der Waals surface area contributed by atoms with Crippen molar-refractivity contribution in [2.24, 2.45) is 5.92 Å². The maximum Gasteiger partial charge on any atom is 0.0375 e. The zero-order valence-electron chi connectivity index (χ0n) is 9.22. The average molecular weight is 185 g/mol. The third-order valence-electron chi connectivity index (χ3n) is 3.40. The molecule has 4 atom stereocenters. The topological polar surface area (TPSA) is 36.1 Å². The van der Waals surface area contributed by atoms with Crippen LogP contribution in [0.15, 0.2) is 0 Å². The van der Waals surface area contributed by atoms with Crippen molar-refractivity contribution in [1.82, 2.24) is 16.0 Å². The molecule has 1 saturated carbocycles. The van der Waals surface area contributed by atoms with Crippen molar-refractivity contribution < 1.29 is 0 Å². The van der Waals surface area contributed by atoms with Crippen molar-refractivity contribution in [2.45, 2.75) is 37.9 Å². The van der Waals surface area contributed by atoms with Crippen LogP contribution in [0.25, 0.3) is 0 Å². The van der Waals surface area contributed by atoms with Gasteiger partial charge in [0.1, 0.15) is 0 Å². The van der Waals surface area contributed by atoms with E-state index >= 15 is 0 Å². The Kier molecular flexibility index (Phi) is 4.16. The number of nitrogens with one attached hydrogen (secondary N) is 3. The molecule has 0 saturated heterocycles. The maximum atomic E-state index is 3.42. The molecule has 1 aliphatic carbocycles. The van der Waals surface area contributed by atoms with Crippen molar-refractivity contribution in [3.8, 4) is 0 Å². The third-order valence-corrected chi connectivity index (χ3v) is 3.40. The molecule has 3 nitrogen and oxygen atoms in total. The lowest BCUT2D eigenvalue weighted by Gasteiger charge is -2.41. The molecule has 0 spiro atoms. The predicted octanol–water partition coefficient (Wildman–Crippen LogP) is 0.180. The lowest BCUT2D eigenvalue weighted by molar-refractivity contribution is 0.192. The number of hydrogen-bond acceptors (Lipinski definition) is 3. The first-order valence-electron chi connectivity index (χ1n) is 5.26. The van der Waals surface area contributed by atoms with Gasteiger partial charge in [-0.3, -0.25) is 0 Å². The minimum Gasteiger partial charge on any atom is -0.315 e. The summed E-state index contributed by atoms with van der Waals surface area (Å²) < 4.78 is 0. The second-order valence-corrected chi connectivity index (χ2v) is 4.08. The molecule has 0 aromatic carbocycles. The molecule has 1 fully saturated rings. The van der Waals surface area contributed by atoms with Crippen LogP contribution in [0, 0.1) is 5.92 Å². The van der Waals surface area contributed by atoms with Crippen LogP contribution in [-0.4, -0.2) is 39.3 Å². The summed E-state index contributed by atoms with van der Waals surface area (Å²) in [5.74, 6) is 0.770. The van der Waals surface area contributed by atoms with Gasteiger partial charge in [0.05, 0.1) is 0 Å². The fraction of sp³-hybridized carbons (Fsp3) is 1.00. The summed E-state index contributed by atoms with van der Waals surface area (Å²) in [4.78, 5) is 0. The molecular weight excluding hydrogens is 162 g/mol. The van der Waals surface area contributed by atoms with Gasteiger partial charge in [0.15, 0.2) is 0 Å². The van der Waals surface area contributed by atoms with E-state index in [-0.39, 0.29) is 0 Å². The van der Waals surface area contributed by atoms with Crippen molar-refractivity contribution >= 4 is 0 Å². The SMILES string of the molecule is CNC1CCC(C)C(NC)C1NC. The molecular formula is C10H23N3. The quantitative estimate of drug-likeness (QED) is 0.587. The van der Waals surface area contributed by atoms with E-state index in [1.54, 1.807) is 0 Å². The molecule has 1 aliphatic rings. The second-order valence-electron chi connectivity index (χ2n) is 4.08. The normalized spacial score (nSPS) is 40.6. The van der Waals surface area contributed by atoms with E-state index in [9.17, 15) is 0 Å². The standard InChI is InChI=1S/C10H23N3/c1-7-5-6-8(11-2)10(13-4)9(7)12-3/h7-13H,5-6H2,1-4H3. The van der Waals surface area contributed by atoms with Gasteiger partial charge in [-0.25, -0.2) is 0 Å². The molecule has 0 amide bonds. The molecule has 3 heteroatoms. The first-order chi connectivity index (χ1) is 6.24. The van der Waals surface area contributed by atoms with Gasteiger partial charge in [-0.05, 0) is 39.9 Å². The summed E-state index contributed by atoms with van der Waals surface area (Å²) in [7, 11) is 6.17. The van der Waals surface area contributed by atoms with Crippen LogP contribution in [0.4, 0.5) is 0 Å². The molecule has 0 radical (unpaired) electrons. The van der Waals surface area contributed by atoms with Gasteiger partial charge in [0, 0.05) is 18.1 Å². The van der Waals surface area contributed by atoms with Crippen LogP contribution < -0.4 is 16.0 Å². The first kappa shape index (κ1) is 11.0. The Labute approximate surface area is 81.7 Å². The van der Waals surface area contributed by atoms with E-state index in [4.69, 9.17) is 0 Å². The highest BCUT2D eigenvalue weighted by molar-refractivity contribution is 4.97. The summed E-state index contributed by atoms with van der Waals surface area (Å²) in [6.07, 6.45) is 2.59. The number of likely N-dealkylation sites (N-methyl/N-ethyl adjacent to an activating group) is 3. The van der Waals surface area contributed by atoms with Crippen molar-refractivity contribution in [2.75, 3.05) is 21.1 Å². The Balaban J connectivity index is 2.64. The number of rotatable bonds is 3. The molecule has 0 aromatic rings. The van der Waals surface area contributed by atoms with Crippen LogP contribution in [0.2, 0.25) is 0 Å². The summed E-state index contributed by atoms with van der Waals surface area (Å²) in [6.45, 7) is 2.33. The van der Waals surface area contributed by atoms with E-state index < -0.39 is 0 Å². The monoisotopic (exact) mass is 185 g/mol. The maximum absolute atomic E-state index is 3.42. The molecule has 0 aromatic heterocycles. The van der Waals surface area contributed by atoms with E-state index in [1.165, 1.54) is 12.8 Å². The van der Waals surface area contributed by atoms with E-state index in [0.717, 1.165) is 5.92 Å². The van der Waals surface area contributed by atoms with Gasteiger partial charge in [-0.1, -0.05) is 6.92 Å². The average Bonchev–Trinajstić information content (AvgIpc) is 2.17. The van der Waals surface area contributed by atoms with Crippen molar-refractivity contribution in [3.05, 3.63) is 0 Å². The predicted molar refractivity (Wildman–Crippen MR) is 56.9 cm³/mol. The van der Waals surface area contributed by atoms with Gasteiger partial charge >= 0.3 is 0 Å². The fourth-order valence-electron chi connectivity index (χ4n) is 2.57. The van der Waals surface area contributed by atoms with E-state index in [1.807, 2.05) is 0 Å². The summed E-state index contributed by atoms with van der Waals surface area (Å²) in [6, 6.07) is 1.76. The fourth-order valence-corrected chi connectivity index (χ4v) is 2.57. The van der Waals surface area contributed by atoms with Gasteiger partial charge < -0.3 is 16.0 Å². The Morgan fingerprint density at radius 3 is 1.92 bits per heavy atom. The van der Waals surface area contributed by atoms with Crippen molar-refractivity contribution in [3.63, 3.8) is 0 Å². The Morgan fingerprint density at radius 1 is 0.846 bits per heavy atom. The summed E-state index contributed by atoms with van der Waals surface area (Å²) in [5.41, 5.74) is 0. The highest BCUT2D eigenvalue weighted by atomic mass is 15.1. The first-order valence-corrected chi connectivity index (χ1v) is 5.26. The lowest BCUT2D eigenvalue weighted by atomic mass is 9.79. The molecule has 78 valence electrons. The minimum atomic E-state index is 0.554. The molecule has 0 bridgehead atoms. The molecule has 4 unspecified atom stereocenters. The van der Waals surface area contributed by atoms with E-state index in [2.05, 4.69) is 44.0 Å². The van der Waals surface area contributed by atoms with Gasteiger partial charge in [0.25, 0.3) is 0 Å². The molecule has 0 aliphatic heterocycles. The Morgan fingerprint density at radius 2 is 1.46 bits per heavy atom. The highest BCUT2D eigenvalue weighted by Crippen LogP contribution is 2.24. The summed E-state index contributed by atoms with van der Waals surface area (Å²) >= 11 is 0. The van der Waals surface area contributed by atoms with Crippen LogP contribution in [-0.2, 0) is 0 Å². The Hall–Kier alpha value is -0.120. The second kappa shape index (κ2) is 4.94. The molecule has 1 rings (SSSR count). The molecule has 3 N–H and O–H groups in total. The van der Waals surface area contributed by atoms with Gasteiger partial charge in [-0.15, -0.1) is 0 Å². The largest absolute Gasteiger partial charge is 0.315 e. The van der Waals surface area contributed by atoms with E-state index in [0.29, 0.717) is 18.1 Å². The zero-order valence-corrected chi connectivity index (χ0v) is 9.22. The van der Waals surface area contributed by atoms with Crippen LogP contribution in [0.5, 0.6) is 0 Å². The van der Waals surface area contributed by atoms with Crippen LogP contribution in [0.3, 0.4) is 0 Å². The van der Waals surface area contributed by atoms with Crippen LogP contribution >= 0.6 is 0 Å². The van der Waals surface area contributed by atoms with Crippen LogP contribution in [0.1, 0.15) is 19.8 Å². The van der Waals surface area contributed by atoms with Gasteiger partial charge in [0.2, 0.25) is 0 Å². The Bertz CT molecular complexity index is 149. The highest BCUT2D eigenvalue weighted by Gasteiger charge is 2.34. The molecule has 13 heavy (non-hydrogen) atoms. The number of hydrogen-bond donors (Lipinski definition) is 3. The molecule has 0 heterocycles. The summed E-state index contributed by atoms with van der Waals surface area (Å²) in [5, 5.41) is 10.2. The zero-order chi connectivity index (χ0) is 9.84. The van der Waals surface area contributed by atoms with Gasteiger partial charge in [-0.2, -0.15) is 0 Å². The lowest BCUT2D eigenvalue weighted by Crippen LogP contribution is -2.61. The smallest absolute Gasteiger partial charge is 0.0375 e. The minimum absolute atomic E-state index is 0.554.